The quantitative estimate of drug-likeness (QED) is 0.715. The molecule has 0 radical (unpaired) electrons. The SMILES string of the molecule is NS(=O)(=O)c1ccccc1-c1ccc(Br)c(Br)c1S(N)(=O)=O. The number of hydrogen-bond donors (Lipinski definition) is 2. The summed E-state index contributed by atoms with van der Waals surface area (Å²) >= 11 is 6.35. The van der Waals surface area contributed by atoms with Crippen LogP contribution in [-0.2, 0) is 20.0 Å². The lowest BCUT2D eigenvalue weighted by Gasteiger charge is -2.14. The van der Waals surface area contributed by atoms with Crippen molar-refractivity contribution in [3.8, 4) is 11.1 Å². The van der Waals surface area contributed by atoms with Gasteiger partial charge in [-0.2, -0.15) is 0 Å². The molecule has 2 rings (SSSR count). The highest BCUT2D eigenvalue weighted by Gasteiger charge is 2.24. The van der Waals surface area contributed by atoms with Crippen molar-refractivity contribution in [3.63, 3.8) is 0 Å². The van der Waals surface area contributed by atoms with Crippen LogP contribution < -0.4 is 10.3 Å². The third-order valence-electron chi connectivity index (χ3n) is 2.82. The molecule has 118 valence electrons. The third kappa shape index (κ3) is 3.42. The highest BCUT2D eigenvalue weighted by atomic mass is 79.9. The fraction of sp³-hybridized carbons (Fsp3) is 0. The lowest BCUT2D eigenvalue weighted by atomic mass is 10.1. The normalized spacial score (nSPS) is 12.4. The smallest absolute Gasteiger partial charge is 0.225 e. The maximum Gasteiger partial charge on any atom is 0.239 e. The molecule has 0 aliphatic rings. The van der Waals surface area contributed by atoms with Gasteiger partial charge in [-0.15, -0.1) is 0 Å². The predicted octanol–water partition coefficient (Wildman–Crippen LogP) is 2.17. The molecule has 0 aliphatic carbocycles. The molecule has 0 aromatic heterocycles. The number of halogens is 2. The molecule has 0 heterocycles. The molecule has 0 bridgehead atoms. The Morgan fingerprint density at radius 2 is 1.36 bits per heavy atom. The molecule has 0 unspecified atom stereocenters. The fourth-order valence-corrected chi connectivity index (χ4v) is 5.04. The van der Waals surface area contributed by atoms with Crippen LogP contribution in [0.2, 0.25) is 0 Å². The molecule has 0 spiro atoms. The van der Waals surface area contributed by atoms with Crippen LogP contribution in [0.4, 0.5) is 0 Å². The van der Waals surface area contributed by atoms with Crippen molar-refractivity contribution in [2.45, 2.75) is 9.79 Å². The summed E-state index contributed by atoms with van der Waals surface area (Å²) in [5.41, 5.74) is 0.296. The zero-order valence-corrected chi connectivity index (χ0v) is 15.6. The summed E-state index contributed by atoms with van der Waals surface area (Å²) in [5.74, 6) is 0. The first kappa shape index (κ1) is 17.6. The predicted molar refractivity (Wildman–Crippen MR) is 90.0 cm³/mol. The first-order chi connectivity index (χ1) is 10.0. The fourth-order valence-electron chi connectivity index (χ4n) is 1.96. The summed E-state index contributed by atoms with van der Waals surface area (Å²) in [6.45, 7) is 0. The van der Waals surface area contributed by atoms with E-state index in [0.29, 0.717) is 4.47 Å². The molecule has 6 nitrogen and oxygen atoms in total. The monoisotopic (exact) mass is 468 g/mol. The molecule has 0 atom stereocenters. The Hall–Kier alpha value is -0.780. The lowest BCUT2D eigenvalue weighted by molar-refractivity contribution is 0.595. The Morgan fingerprint density at radius 3 is 1.91 bits per heavy atom. The first-order valence-electron chi connectivity index (χ1n) is 5.66. The van der Waals surface area contributed by atoms with E-state index in [0.717, 1.165) is 0 Å². The average molecular weight is 470 g/mol. The van der Waals surface area contributed by atoms with E-state index in [9.17, 15) is 16.8 Å². The van der Waals surface area contributed by atoms with Gasteiger partial charge >= 0.3 is 0 Å². The molecular weight excluding hydrogens is 460 g/mol. The molecule has 0 fully saturated rings. The van der Waals surface area contributed by atoms with Crippen LogP contribution in [0, 0.1) is 0 Å². The average Bonchev–Trinajstić information content (AvgIpc) is 2.39. The molecule has 2 aromatic rings. The van der Waals surface area contributed by atoms with Gasteiger partial charge in [0.1, 0.15) is 4.90 Å². The van der Waals surface area contributed by atoms with Crippen molar-refractivity contribution in [1.82, 2.24) is 0 Å². The van der Waals surface area contributed by atoms with Gasteiger partial charge in [-0.25, -0.2) is 27.1 Å². The number of benzene rings is 2. The highest BCUT2D eigenvalue weighted by molar-refractivity contribution is 9.13. The van der Waals surface area contributed by atoms with E-state index >= 15 is 0 Å². The second kappa shape index (κ2) is 6.02. The minimum Gasteiger partial charge on any atom is -0.225 e. The van der Waals surface area contributed by atoms with Gasteiger partial charge in [0.05, 0.1) is 9.37 Å². The van der Waals surface area contributed by atoms with Crippen LogP contribution >= 0.6 is 31.9 Å². The van der Waals surface area contributed by atoms with E-state index < -0.39 is 20.0 Å². The van der Waals surface area contributed by atoms with E-state index in [2.05, 4.69) is 31.9 Å². The van der Waals surface area contributed by atoms with Gasteiger partial charge in [-0.05, 0) is 44.0 Å². The molecular formula is C12H10Br2N2O4S2. The second-order valence-electron chi connectivity index (χ2n) is 4.32. The van der Waals surface area contributed by atoms with E-state index in [1.165, 1.54) is 24.3 Å². The van der Waals surface area contributed by atoms with Crippen molar-refractivity contribution in [2.24, 2.45) is 10.3 Å². The number of rotatable bonds is 3. The van der Waals surface area contributed by atoms with E-state index in [4.69, 9.17) is 10.3 Å². The zero-order valence-electron chi connectivity index (χ0n) is 10.8. The van der Waals surface area contributed by atoms with Gasteiger partial charge in [0.15, 0.2) is 0 Å². The van der Waals surface area contributed by atoms with Crippen LogP contribution in [0.15, 0.2) is 55.1 Å². The summed E-state index contributed by atoms with van der Waals surface area (Å²) < 4.78 is 47.9. The standard InChI is InChI=1S/C12H10Br2N2O4S2/c13-9-6-5-8(12(11(9)14)22(16,19)20)7-3-1-2-4-10(7)21(15,17)18/h1-6H,(H2,15,17,18)(H2,16,19,20). The number of hydrogen-bond acceptors (Lipinski definition) is 4. The van der Waals surface area contributed by atoms with E-state index in [1.54, 1.807) is 12.1 Å². The van der Waals surface area contributed by atoms with Crippen LogP contribution in [0.25, 0.3) is 11.1 Å². The molecule has 10 heteroatoms. The molecule has 0 amide bonds. The van der Waals surface area contributed by atoms with Crippen molar-refractivity contribution < 1.29 is 16.8 Å². The highest BCUT2D eigenvalue weighted by Crippen LogP contribution is 2.39. The third-order valence-corrected chi connectivity index (χ3v) is 7.06. The minimum atomic E-state index is -4.11. The molecule has 4 N–H and O–H groups in total. The van der Waals surface area contributed by atoms with Gasteiger partial charge in [0.2, 0.25) is 20.0 Å². The lowest BCUT2D eigenvalue weighted by Crippen LogP contribution is -2.16. The summed E-state index contributed by atoms with van der Waals surface area (Å²) in [4.78, 5) is -0.410. The van der Waals surface area contributed by atoms with Gasteiger partial charge < -0.3 is 0 Å². The number of sulfonamides is 2. The minimum absolute atomic E-state index is 0.141. The van der Waals surface area contributed by atoms with Gasteiger partial charge in [-0.3, -0.25) is 0 Å². The Labute approximate surface area is 144 Å². The van der Waals surface area contributed by atoms with Crippen molar-refractivity contribution in [2.75, 3.05) is 0 Å². The van der Waals surface area contributed by atoms with Crippen molar-refractivity contribution in [3.05, 3.63) is 45.3 Å². The van der Waals surface area contributed by atoms with E-state index in [-0.39, 0.29) is 25.4 Å². The van der Waals surface area contributed by atoms with Crippen molar-refractivity contribution in [1.29, 1.82) is 0 Å². The van der Waals surface area contributed by atoms with Gasteiger partial charge in [0, 0.05) is 15.6 Å². The molecule has 0 aliphatic heterocycles. The maximum absolute atomic E-state index is 11.9. The Morgan fingerprint density at radius 1 is 0.773 bits per heavy atom. The summed E-state index contributed by atoms with van der Waals surface area (Å²) in [6, 6.07) is 8.87. The summed E-state index contributed by atoms with van der Waals surface area (Å²) in [7, 11) is -8.14. The van der Waals surface area contributed by atoms with Gasteiger partial charge in [0.25, 0.3) is 0 Å². The van der Waals surface area contributed by atoms with Gasteiger partial charge in [-0.1, -0.05) is 24.3 Å². The largest absolute Gasteiger partial charge is 0.239 e. The first-order valence-corrected chi connectivity index (χ1v) is 10.3. The summed E-state index contributed by atoms with van der Waals surface area (Å²) in [6.07, 6.45) is 0. The van der Waals surface area contributed by atoms with E-state index in [1.807, 2.05) is 0 Å². The summed E-state index contributed by atoms with van der Waals surface area (Å²) in [5, 5.41) is 10.5. The number of primary sulfonamides is 2. The maximum atomic E-state index is 11.9. The van der Waals surface area contributed by atoms with Crippen molar-refractivity contribution >= 4 is 51.9 Å². The Bertz CT molecular complexity index is 957. The Balaban J connectivity index is 2.96. The molecule has 0 saturated heterocycles. The molecule has 2 aromatic carbocycles. The second-order valence-corrected chi connectivity index (χ2v) is 9.00. The van der Waals surface area contributed by atoms with Crippen LogP contribution in [0.3, 0.4) is 0 Å². The van der Waals surface area contributed by atoms with Crippen LogP contribution in [-0.4, -0.2) is 16.8 Å². The topological polar surface area (TPSA) is 120 Å². The Kier molecular flexibility index (Phi) is 4.81. The number of nitrogens with two attached hydrogens (primary N) is 2. The van der Waals surface area contributed by atoms with Crippen LogP contribution in [0.1, 0.15) is 0 Å². The van der Waals surface area contributed by atoms with Crippen LogP contribution in [0.5, 0.6) is 0 Å². The molecule has 22 heavy (non-hydrogen) atoms. The zero-order chi connectivity index (χ0) is 16.7. The molecule has 0 saturated carbocycles.